The van der Waals surface area contributed by atoms with E-state index in [2.05, 4.69) is 33.5 Å². The summed E-state index contributed by atoms with van der Waals surface area (Å²) in [4.78, 5) is 25.4. The standard InChI is InChI=1S/C25H27BrN2O4/c1-2-3-4-7-14-32-23-13-12-18(16-21(23)26)24(29)28-22-11-6-5-10-20(22)25(30)27-17-19-9-8-15-31-19/h5-6,8-13,15-16H,2-4,7,14,17H2,1H3,(H,27,30)(H,28,29). The van der Waals surface area contributed by atoms with Gasteiger partial charge in [0.25, 0.3) is 11.8 Å². The van der Waals surface area contributed by atoms with Crippen molar-refractivity contribution in [2.75, 3.05) is 11.9 Å². The van der Waals surface area contributed by atoms with Gasteiger partial charge in [0.2, 0.25) is 0 Å². The molecule has 0 aliphatic heterocycles. The molecule has 2 N–H and O–H groups in total. The molecular formula is C25H27BrN2O4. The van der Waals surface area contributed by atoms with Gasteiger partial charge in [0, 0.05) is 5.56 Å². The summed E-state index contributed by atoms with van der Waals surface area (Å²) in [6.45, 7) is 3.08. The lowest BCUT2D eigenvalue weighted by Gasteiger charge is -2.12. The summed E-state index contributed by atoms with van der Waals surface area (Å²) in [5.74, 6) is 0.741. The molecular weight excluding hydrogens is 472 g/mol. The predicted octanol–water partition coefficient (Wildman–Crippen LogP) is 6.18. The number of rotatable bonds is 11. The molecule has 1 heterocycles. The highest BCUT2D eigenvalue weighted by atomic mass is 79.9. The SMILES string of the molecule is CCCCCCOc1ccc(C(=O)Nc2ccccc2C(=O)NCc2ccco2)cc1Br. The van der Waals surface area contributed by atoms with Crippen LogP contribution < -0.4 is 15.4 Å². The summed E-state index contributed by atoms with van der Waals surface area (Å²) in [7, 11) is 0. The van der Waals surface area contributed by atoms with E-state index in [0.717, 1.165) is 12.8 Å². The molecule has 0 bridgehead atoms. The van der Waals surface area contributed by atoms with Crippen molar-refractivity contribution in [3.63, 3.8) is 0 Å². The number of para-hydroxylation sites is 1. The molecule has 0 aliphatic carbocycles. The molecule has 0 unspecified atom stereocenters. The Balaban J connectivity index is 1.61. The molecule has 0 atom stereocenters. The van der Waals surface area contributed by atoms with Gasteiger partial charge in [-0.1, -0.05) is 38.3 Å². The summed E-state index contributed by atoms with van der Waals surface area (Å²) in [6, 6.07) is 15.6. The number of halogens is 1. The highest BCUT2D eigenvalue weighted by molar-refractivity contribution is 9.10. The Morgan fingerprint density at radius 3 is 2.59 bits per heavy atom. The Hall–Kier alpha value is -3.06. The number of hydrogen-bond acceptors (Lipinski definition) is 4. The lowest BCUT2D eigenvalue weighted by atomic mass is 10.1. The number of benzene rings is 2. The van der Waals surface area contributed by atoms with Gasteiger partial charge in [0.05, 0.1) is 35.1 Å². The quantitative estimate of drug-likeness (QED) is 0.309. The summed E-state index contributed by atoms with van der Waals surface area (Å²) < 4.78 is 11.8. The molecule has 2 aromatic carbocycles. The van der Waals surface area contributed by atoms with Gasteiger partial charge >= 0.3 is 0 Å². The summed E-state index contributed by atoms with van der Waals surface area (Å²) >= 11 is 3.48. The second kappa shape index (κ2) is 12.1. The van der Waals surface area contributed by atoms with Gasteiger partial charge in [0.15, 0.2) is 0 Å². The van der Waals surface area contributed by atoms with Crippen molar-refractivity contribution >= 4 is 33.4 Å². The van der Waals surface area contributed by atoms with Crippen LogP contribution in [0.4, 0.5) is 5.69 Å². The van der Waals surface area contributed by atoms with Gasteiger partial charge in [-0.05, 0) is 64.8 Å². The molecule has 168 valence electrons. The number of ether oxygens (including phenoxy) is 1. The second-order valence-electron chi connectivity index (χ2n) is 7.32. The first-order chi connectivity index (χ1) is 15.6. The largest absolute Gasteiger partial charge is 0.492 e. The first-order valence-corrected chi connectivity index (χ1v) is 11.5. The average molecular weight is 499 g/mol. The van der Waals surface area contributed by atoms with E-state index in [-0.39, 0.29) is 18.4 Å². The number of carbonyl (C=O) groups is 2. The molecule has 7 heteroatoms. The Labute approximate surface area is 196 Å². The highest BCUT2D eigenvalue weighted by Gasteiger charge is 2.15. The van der Waals surface area contributed by atoms with Crippen LogP contribution in [0.1, 0.15) is 59.1 Å². The van der Waals surface area contributed by atoms with E-state index in [1.165, 1.54) is 12.8 Å². The van der Waals surface area contributed by atoms with Crippen molar-refractivity contribution in [3.8, 4) is 5.75 Å². The number of amides is 2. The molecule has 6 nitrogen and oxygen atoms in total. The van der Waals surface area contributed by atoms with Crippen LogP contribution in [0.15, 0.2) is 69.8 Å². The Kier molecular flexibility index (Phi) is 8.92. The highest BCUT2D eigenvalue weighted by Crippen LogP contribution is 2.27. The lowest BCUT2D eigenvalue weighted by Crippen LogP contribution is -2.24. The lowest BCUT2D eigenvalue weighted by molar-refractivity contribution is 0.0949. The molecule has 3 rings (SSSR count). The van der Waals surface area contributed by atoms with E-state index in [1.54, 1.807) is 60.9 Å². The molecule has 32 heavy (non-hydrogen) atoms. The smallest absolute Gasteiger partial charge is 0.255 e. The fourth-order valence-corrected chi connectivity index (χ4v) is 3.62. The van der Waals surface area contributed by atoms with E-state index < -0.39 is 0 Å². The van der Waals surface area contributed by atoms with Crippen LogP contribution in [0.3, 0.4) is 0 Å². The molecule has 0 spiro atoms. The third kappa shape index (κ3) is 6.72. The minimum atomic E-state index is -0.313. The second-order valence-corrected chi connectivity index (χ2v) is 8.17. The summed E-state index contributed by atoms with van der Waals surface area (Å²) in [5.41, 5.74) is 1.27. The van der Waals surface area contributed by atoms with Crippen LogP contribution >= 0.6 is 15.9 Å². The third-order valence-electron chi connectivity index (χ3n) is 4.87. The summed E-state index contributed by atoms with van der Waals surface area (Å²) in [5, 5.41) is 5.62. The number of furan rings is 1. The maximum absolute atomic E-state index is 12.8. The molecule has 0 radical (unpaired) electrons. The van der Waals surface area contributed by atoms with Crippen LogP contribution in [0.5, 0.6) is 5.75 Å². The maximum atomic E-state index is 12.8. The van der Waals surface area contributed by atoms with Crippen molar-refractivity contribution in [2.45, 2.75) is 39.2 Å². The van der Waals surface area contributed by atoms with Crippen molar-refractivity contribution < 1.29 is 18.7 Å². The van der Waals surface area contributed by atoms with E-state index in [0.29, 0.717) is 39.4 Å². The van der Waals surface area contributed by atoms with E-state index >= 15 is 0 Å². The first kappa shape index (κ1) is 23.6. The van der Waals surface area contributed by atoms with Gasteiger partial charge in [0.1, 0.15) is 11.5 Å². The van der Waals surface area contributed by atoms with Gasteiger partial charge < -0.3 is 19.8 Å². The molecule has 3 aromatic rings. The van der Waals surface area contributed by atoms with Gasteiger partial charge in [-0.3, -0.25) is 9.59 Å². The van der Waals surface area contributed by atoms with Gasteiger partial charge in [-0.15, -0.1) is 0 Å². The van der Waals surface area contributed by atoms with Crippen LogP contribution in [-0.2, 0) is 6.54 Å². The fraction of sp³-hybridized carbons (Fsp3) is 0.280. The zero-order chi connectivity index (χ0) is 22.8. The Bertz CT molecular complexity index is 1030. The fourth-order valence-electron chi connectivity index (χ4n) is 3.13. The maximum Gasteiger partial charge on any atom is 0.255 e. The number of hydrogen-bond donors (Lipinski definition) is 2. The van der Waals surface area contributed by atoms with E-state index in [4.69, 9.17) is 9.15 Å². The molecule has 0 fully saturated rings. The number of nitrogens with one attached hydrogen (secondary N) is 2. The van der Waals surface area contributed by atoms with Gasteiger partial charge in [-0.25, -0.2) is 0 Å². The molecule has 0 saturated carbocycles. The van der Waals surface area contributed by atoms with Crippen LogP contribution in [-0.4, -0.2) is 18.4 Å². The zero-order valence-corrected chi connectivity index (χ0v) is 19.6. The molecule has 1 aromatic heterocycles. The molecule has 0 saturated heterocycles. The number of unbranched alkanes of at least 4 members (excludes halogenated alkanes) is 3. The van der Waals surface area contributed by atoms with E-state index in [1.807, 2.05) is 0 Å². The van der Waals surface area contributed by atoms with E-state index in [9.17, 15) is 9.59 Å². The molecule has 0 aliphatic rings. The minimum absolute atomic E-state index is 0.265. The Morgan fingerprint density at radius 1 is 1.00 bits per heavy atom. The van der Waals surface area contributed by atoms with Crippen molar-refractivity contribution in [1.29, 1.82) is 0 Å². The van der Waals surface area contributed by atoms with Crippen molar-refractivity contribution in [2.24, 2.45) is 0 Å². The average Bonchev–Trinajstić information content (AvgIpc) is 3.32. The monoisotopic (exact) mass is 498 g/mol. The number of carbonyl (C=O) groups excluding carboxylic acids is 2. The van der Waals surface area contributed by atoms with Crippen LogP contribution in [0.25, 0.3) is 0 Å². The predicted molar refractivity (Wildman–Crippen MR) is 128 cm³/mol. The van der Waals surface area contributed by atoms with Crippen molar-refractivity contribution in [3.05, 3.63) is 82.2 Å². The number of anilines is 1. The topological polar surface area (TPSA) is 80.6 Å². The van der Waals surface area contributed by atoms with Gasteiger partial charge in [-0.2, -0.15) is 0 Å². The first-order valence-electron chi connectivity index (χ1n) is 10.7. The van der Waals surface area contributed by atoms with Crippen molar-refractivity contribution in [1.82, 2.24) is 5.32 Å². The van der Waals surface area contributed by atoms with Crippen LogP contribution in [0.2, 0.25) is 0 Å². The van der Waals surface area contributed by atoms with Crippen LogP contribution in [0, 0.1) is 0 Å². The third-order valence-corrected chi connectivity index (χ3v) is 5.49. The zero-order valence-electron chi connectivity index (χ0n) is 18.0. The minimum Gasteiger partial charge on any atom is -0.492 e. The summed E-state index contributed by atoms with van der Waals surface area (Å²) in [6.07, 6.45) is 6.08. The molecule has 2 amide bonds. The normalized spacial score (nSPS) is 10.6. The Morgan fingerprint density at radius 2 is 1.84 bits per heavy atom.